The first-order valence-corrected chi connectivity index (χ1v) is 47.3. The number of carbonyl (C=O) groups excluding carboxylic acids is 1. The molecule has 0 fully saturated rings. The van der Waals surface area contributed by atoms with Crippen molar-refractivity contribution in [2.24, 2.45) is 0 Å². The van der Waals surface area contributed by atoms with Gasteiger partial charge in [-0.1, -0.05) is 164 Å². The van der Waals surface area contributed by atoms with Gasteiger partial charge in [-0.2, -0.15) is 0 Å². The van der Waals surface area contributed by atoms with Crippen molar-refractivity contribution in [2.45, 2.75) is 141 Å². The zero-order chi connectivity index (χ0) is 33.5. The highest BCUT2D eigenvalue weighted by atomic mass is 79.9. The molecule has 4 atom stereocenters. The fraction of sp³-hybridized carbons (Fsp3) is 0.759. The van der Waals surface area contributed by atoms with Gasteiger partial charge in [-0.3, -0.25) is 0 Å². The molecule has 42 heavy (non-hydrogen) atoms. The van der Waals surface area contributed by atoms with Gasteiger partial charge in [-0.05, 0) is 5.56 Å². The summed E-state index contributed by atoms with van der Waals surface area (Å²) in [6.07, 6.45) is -2.25. The van der Waals surface area contributed by atoms with Gasteiger partial charge in [-0.25, -0.2) is 4.39 Å². The topological polar surface area (TPSA) is 35.5 Å². The Labute approximate surface area is 274 Å². The van der Waals surface area contributed by atoms with Crippen molar-refractivity contribution in [3.8, 4) is 0 Å². The second-order valence-electron chi connectivity index (χ2n) is 18.4. The first-order valence-electron chi connectivity index (χ1n) is 15.6. The molecular formula is C29H64BrFO3Si8. The minimum absolute atomic E-state index is 0.736. The molecule has 3 nitrogen and oxygen atoms in total. The van der Waals surface area contributed by atoms with Crippen LogP contribution in [0.2, 0.25) is 118 Å². The third-order valence-corrected chi connectivity index (χ3v) is 145. The molecular weight excluding hydrogens is 720 g/mol. The summed E-state index contributed by atoms with van der Waals surface area (Å²) in [5.41, 5.74) is 0.872. The molecule has 1 rings (SSSR count). The second-order valence-corrected chi connectivity index (χ2v) is 98.3. The van der Waals surface area contributed by atoms with Gasteiger partial charge in [0.25, 0.3) is 0 Å². The zero-order valence-corrected chi connectivity index (χ0v) is 39.8. The van der Waals surface area contributed by atoms with Gasteiger partial charge in [0.15, 0.2) is 19.9 Å². The molecule has 0 heterocycles. The van der Waals surface area contributed by atoms with E-state index in [4.69, 9.17) is 8.85 Å². The maximum Gasteiger partial charge on any atom is 0.159 e. The largest absolute Gasteiger partial charge is 0.418 e. The van der Waals surface area contributed by atoms with E-state index in [0.29, 0.717) is 0 Å². The van der Waals surface area contributed by atoms with Gasteiger partial charge < -0.3 is 13.6 Å². The lowest BCUT2D eigenvalue weighted by Crippen LogP contribution is -2.86. The molecule has 0 bridgehead atoms. The van der Waals surface area contributed by atoms with Crippen LogP contribution in [0.4, 0.5) is 4.39 Å². The van der Waals surface area contributed by atoms with Crippen LogP contribution in [-0.4, -0.2) is 82.7 Å². The van der Waals surface area contributed by atoms with E-state index in [0.717, 1.165) is 11.8 Å². The van der Waals surface area contributed by atoms with Crippen LogP contribution in [0.3, 0.4) is 0 Å². The molecule has 0 N–H and O–H groups in total. The lowest BCUT2D eigenvalue weighted by atomic mass is 10.0. The van der Waals surface area contributed by atoms with Crippen molar-refractivity contribution in [1.29, 1.82) is 0 Å². The number of halogens is 2. The lowest BCUT2D eigenvalue weighted by Gasteiger charge is -2.59. The second kappa shape index (κ2) is 13.6. The maximum atomic E-state index is 17.9. The molecule has 0 saturated carbocycles. The van der Waals surface area contributed by atoms with E-state index in [-0.39, 0.29) is 0 Å². The standard InChI is InChI=1S/C29H64BrFO3Si8/c1-35(2,3)41(36(4,5)6,37(7,8)9)33-28(25-22-20-19-21-23-25)27(31)29(26(30)24-32)34-42(38(10,11)12,39(13,14)15)40(16,17)18/h19-24,26-29H,1-18H3/t26-,27+,28+,29+/m1/s1. The fourth-order valence-corrected chi connectivity index (χ4v) is 198. The number of alkyl halides is 2. The first kappa shape index (κ1) is 41.0. The molecule has 0 spiro atoms. The Bertz CT molecular complexity index is 963. The van der Waals surface area contributed by atoms with Crippen LogP contribution in [0.5, 0.6) is 0 Å². The maximum absolute atomic E-state index is 17.9. The number of benzene rings is 1. The van der Waals surface area contributed by atoms with Crippen LogP contribution in [0.25, 0.3) is 0 Å². The van der Waals surface area contributed by atoms with Crippen molar-refractivity contribution in [1.82, 2.24) is 0 Å². The number of carbonyl (C=O) groups is 1. The van der Waals surface area contributed by atoms with Crippen LogP contribution in [0, 0.1) is 0 Å². The highest BCUT2D eigenvalue weighted by Gasteiger charge is 2.67. The SMILES string of the molecule is C[Si](C)(C)[Si](O[C@H]([C@@H](F)[C@@H](O[Si]([Si](C)(C)C)([Si](C)(C)C)[Si](C)(C)C)c1ccccc1)[C@H](Br)C=O)([Si](C)(C)C)[Si](C)(C)C. The number of aldehydes is 1. The number of hydrogen-bond acceptors (Lipinski definition) is 3. The van der Waals surface area contributed by atoms with E-state index < -0.39 is 82.5 Å². The van der Waals surface area contributed by atoms with Gasteiger partial charge in [-0.15, -0.1) is 0 Å². The van der Waals surface area contributed by atoms with Gasteiger partial charge >= 0.3 is 0 Å². The minimum Gasteiger partial charge on any atom is -0.418 e. The van der Waals surface area contributed by atoms with Gasteiger partial charge in [0.2, 0.25) is 0 Å². The highest BCUT2D eigenvalue weighted by molar-refractivity contribution is 9.10. The molecule has 1 aromatic rings. The fourth-order valence-electron chi connectivity index (χ4n) is 9.72. The van der Waals surface area contributed by atoms with Crippen molar-refractivity contribution in [3.05, 3.63) is 35.9 Å². The predicted molar refractivity (Wildman–Crippen MR) is 210 cm³/mol. The molecule has 0 aliphatic carbocycles. The normalized spacial score (nSPS) is 17.9. The Kier molecular flexibility index (Phi) is 13.3. The van der Waals surface area contributed by atoms with E-state index in [2.05, 4.69) is 134 Å². The first-order chi connectivity index (χ1) is 18.4. The Hall–Kier alpha value is 0.955. The Morgan fingerprint density at radius 3 is 1.19 bits per heavy atom. The summed E-state index contributed by atoms with van der Waals surface area (Å²) >= 11 is 3.65. The molecule has 1 aromatic carbocycles. The number of hydrogen-bond donors (Lipinski definition) is 0. The van der Waals surface area contributed by atoms with Gasteiger partial charge in [0.05, 0.1) is 56.5 Å². The van der Waals surface area contributed by atoms with Crippen LogP contribution >= 0.6 is 15.9 Å². The third-order valence-electron chi connectivity index (χ3n) is 9.13. The van der Waals surface area contributed by atoms with Crippen molar-refractivity contribution in [2.75, 3.05) is 0 Å². The van der Waals surface area contributed by atoms with E-state index in [1.807, 2.05) is 30.3 Å². The summed E-state index contributed by atoms with van der Waals surface area (Å²) < 4.78 is 33.2. The molecule has 0 aliphatic rings. The average Bonchev–Trinajstić information content (AvgIpc) is 2.74. The van der Waals surface area contributed by atoms with Gasteiger partial charge in [0, 0.05) is 0 Å². The van der Waals surface area contributed by atoms with Crippen LogP contribution in [0.15, 0.2) is 30.3 Å². The Balaban J connectivity index is 4.15. The molecule has 244 valence electrons. The molecule has 0 aliphatic heterocycles. The van der Waals surface area contributed by atoms with Crippen molar-refractivity contribution >= 4 is 81.5 Å². The molecule has 13 heteroatoms. The van der Waals surface area contributed by atoms with E-state index >= 15 is 4.39 Å². The molecule has 0 aromatic heterocycles. The monoisotopic (exact) mass is 782 g/mol. The smallest absolute Gasteiger partial charge is 0.159 e. The zero-order valence-electron chi connectivity index (χ0n) is 30.3. The molecule has 0 amide bonds. The lowest BCUT2D eigenvalue weighted by molar-refractivity contribution is -0.109. The van der Waals surface area contributed by atoms with Crippen LogP contribution in [0.1, 0.15) is 11.7 Å². The Morgan fingerprint density at radius 1 is 0.595 bits per heavy atom. The summed E-state index contributed by atoms with van der Waals surface area (Å²) in [5, 5.41) is 0. The quantitative estimate of drug-likeness (QED) is 0.101. The summed E-state index contributed by atoms with van der Waals surface area (Å²) in [4.78, 5) is 11.8. The Morgan fingerprint density at radius 2 is 0.905 bits per heavy atom. The summed E-state index contributed by atoms with van der Waals surface area (Å²) in [7, 11) is -11.3. The minimum atomic E-state index is -2.45. The van der Waals surface area contributed by atoms with Gasteiger partial charge in [0.1, 0.15) is 12.4 Å². The molecule has 0 saturated heterocycles. The van der Waals surface area contributed by atoms with Crippen molar-refractivity contribution in [3.63, 3.8) is 0 Å². The summed E-state index contributed by atoms with van der Waals surface area (Å²) in [6, 6.07) is 10.0. The summed E-state index contributed by atoms with van der Waals surface area (Å²) in [5.74, 6) is 0. The third kappa shape index (κ3) is 7.90. The molecule has 0 unspecified atom stereocenters. The van der Waals surface area contributed by atoms with E-state index in [1.165, 1.54) is 0 Å². The average molecular weight is 784 g/mol. The molecule has 0 radical (unpaired) electrons. The number of rotatable bonds is 15. The van der Waals surface area contributed by atoms with Crippen LogP contribution < -0.4 is 0 Å². The van der Waals surface area contributed by atoms with E-state index in [9.17, 15) is 4.79 Å². The predicted octanol–water partition coefficient (Wildman–Crippen LogP) is 9.82. The highest BCUT2D eigenvalue weighted by Crippen LogP contribution is 2.45. The van der Waals surface area contributed by atoms with Crippen LogP contribution in [-0.2, 0) is 13.6 Å². The van der Waals surface area contributed by atoms with Crippen molar-refractivity contribution < 1.29 is 18.0 Å². The van der Waals surface area contributed by atoms with E-state index in [1.54, 1.807) is 0 Å². The summed E-state index contributed by atoms with van der Waals surface area (Å²) in [6.45, 7) is 39.3.